The fourth-order valence-corrected chi connectivity index (χ4v) is 2.66. The number of methoxy groups -OCH3 is 3. The van der Waals surface area contributed by atoms with Crippen LogP contribution in [0, 0.1) is 5.92 Å². The van der Waals surface area contributed by atoms with Crippen molar-refractivity contribution in [1.29, 1.82) is 0 Å². The maximum Gasteiger partial charge on any atom is 0.262 e. The van der Waals surface area contributed by atoms with Crippen molar-refractivity contribution in [2.75, 3.05) is 21.3 Å². The predicted octanol–water partition coefficient (Wildman–Crippen LogP) is 2.62. The standard InChI is InChI=1S/C22H27N3O5/c1-14(2)20(24-21(26)15-6-9-17(28-3)10-7-15)22(27)25-23-13-16-8-11-18(29-4)12-19(16)30-5/h6-14,20H,1-5H3,(H,24,26)(H,25,27). The van der Waals surface area contributed by atoms with Gasteiger partial charge in [-0.25, -0.2) is 5.43 Å². The van der Waals surface area contributed by atoms with Gasteiger partial charge in [-0.1, -0.05) is 13.8 Å². The second kappa shape index (κ2) is 10.8. The summed E-state index contributed by atoms with van der Waals surface area (Å²) in [6.07, 6.45) is 1.47. The lowest BCUT2D eigenvalue weighted by atomic mass is 10.0. The molecule has 0 fully saturated rings. The molecule has 0 bridgehead atoms. The van der Waals surface area contributed by atoms with E-state index in [9.17, 15) is 9.59 Å². The molecule has 2 rings (SSSR count). The first-order valence-electron chi connectivity index (χ1n) is 9.39. The second-order valence-corrected chi connectivity index (χ2v) is 6.77. The number of amides is 2. The van der Waals surface area contributed by atoms with Gasteiger partial charge in [0.1, 0.15) is 23.3 Å². The van der Waals surface area contributed by atoms with E-state index in [2.05, 4.69) is 15.8 Å². The highest BCUT2D eigenvalue weighted by Crippen LogP contribution is 2.23. The number of carbonyl (C=O) groups excluding carboxylic acids is 2. The van der Waals surface area contributed by atoms with Crippen LogP contribution in [-0.2, 0) is 4.79 Å². The zero-order chi connectivity index (χ0) is 22.1. The first-order valence-corrected chi connectivity index (χ1v) is 9.39. The summed E-state index contributed by atoms with van der Waals surface area (Å²) in [7, 11) is 4.65. The fourth-order valence-electron chi connectivity index (χ4n) is 2.66. The van der Waals surface area contributed by atoms with Crippen LogP contribution in [0.4, 0.5) is 0 Å². The number of ether oxygens (including phenoxy) is 3. The van der Waals surface area contributed by atoms with Crippen molar-refractivity contribution < 1.29 is 23.8 Å². The fraction of sp³-hybridized carbons (Fsp3) is 0.318. The molecule has 0 spiro atoms. The van der Waals surface area contributed by atoms with Crippen molar-refractivity contribution in [2.45, 2.75) is 19.9 Å². The molecule has 2 aromatic rings. The molecule has 0 radical (unpaired) electrons. The van der Waals surface area contributed by atoms with E-state index in [0.717, 1.165) is 0 Å². The predicted molar refractivity (Wildman–Crippen MR) is 114 cm³/mol. The number of rotatable bonds is 9. The number of hydrogen-bond donors (Lipinski definition) is 2. The van der Waals surface area contributed by atoms with Crippen molar-refractivity contribution in [1.82, 2.24) is 10.7 Å². The molecule has 0 aromatic heterocycles. The summed E-state index contributed by atoms with van der Waals surface area (Å²) in [6, 6.07) is 11.1. The summed E-state index contributed by atoms with van der Waals surface area (Å²) in [5.41, 5.74) is 3.58. The Morgan fingerprint density at radius 2 is 1.57 bits per heavy atom. The van der Waals surface area contributed by atoms with Crippen molar-refractivity contribution >= 4 is 18.0 Å². The highest BCUT2D eigenvalue weighted by Gasteiger charge is 2.24. The van der Waals surface area contributed by atoms with Gasteiger partial charge in [0.25, 0.3) is 11.8 Å². The Morgan fingerprint density at radius 1 is 0.933 bits per heavy atom. The van der Waals surface area contributed by atoms with Crippen LogP contribution in [0.3, 0.4) is 0 Å². The van der Waals surface area contributed by atoms with E-state index in [4.69, 9.17) is 14.2 Å². The number of hydrogen-bond acceptors (Lipinski definition) is 6. The largest absolute Gasteiger partial charge is 0.497 e. The number of benzene rings is 2. The van der Waals surface area contributed by atoms with Gasteiger partial charge in [0.2, 0.25) is 0 Å². The molecule has 1 unspecified atom stereocenters. The van der Waals surface area contributed by atoms with E-state index >= 15 is 0 Å². The maximum atomic E-state index is 12.6. The molecular formula is C22H27N3O5. The van der Waals surface area contributed by atoms with Gasteiger partial charge in [0.05, 0.1) is 27.5 Å². The Labute approximate surface area is 176 Å². The van der Waals surface area contributed by atoms with Crippen LogP contribution in [0.2, 0.25) is 0 Å². The molecule has 30 heavy (non-hydrogen) atoms. The van der Waals surface area contributed by atoms with Gasteiger partial charge in [-0.3, -0.25) is 9.59 Å². The lowest BCUT2D eigenvalue weighted by molar-refractivity contribution is -0.123. The number of nitrogens with one attached hydrogen (secondary N) is 2. The molecule has 0 aliphatic heterocycles. The van der Waals surface area contributed by atoms with E-state index in [1.165, 1.54) is 13.3 Å². The van der Waals surface area contributed by atoms with Crippen molar-refractivity contribution in [3.8, 4) is 17.2 Å². The topological polar surface area (TPSA) is 98.2 Å². The third kappa shape index (κ3) is 5.97. The minimum absolute atomic E-state index is 0.141. The Balaban J connectivity index is 2.04. The number of carbonyl (C=O) groups is 2. The van der Waals surface area contributed by atoms with Gasteiger partial charge < -0.3 is 19.5 Å². The Morgan fingerprint density at radius 3 is 2.13 bits per heavy atom. The summed E-state index contributed by atoms with van der Waals surface area (Å²) >= 11 is 0. The zero-order valence-electron chi connectivity index (χ0n) is 17.8. The molecule has 160 valence electrons. The quantitative estimate of drug-likeness (QED) is 0.486. The maximum absolute atomic E-state index is 12.6. The van der Waals surface area contributed by atoms with Gasteiger partial charge in [0, 0.05) is 17.2 Å². The SMILES string of the molecule is COc1ccc(C(=O)NC(C(=O)NN=Cc2ccc(OC)cc2OC)C(C)C)cc1. The third-order valence-electron chi connectivity index (χ3n) is 4.41. The van der Waals surface area contributed by atoms with E-state index in [-0.39, 0.29) is 11.8 Å². The molecule has 0 saturated carbocycles. The van der Waals surface area contributed by atoms with Crippen LogP contribution in [0.5, 0.6) is 17.2 Å². The van der Waals surface area contributed by atoms with Crippen LogP contribution in [0.25, 0.3) is 0 Å². The molecule has 2 amide bonds. The third-order valence-corrected chi connectivity index (χ3v) is 4.41. The Hall–Kier alpha value is -3.55. The van der Waals surface area contributed by atoms with Gasteiger partial charge in [0.15, 0.2) is 0 Å². The normalized spacial score (nSPS) is 11.8. The number of nitrogens with zero attached hydrogens (tertiary/aromatic N) is 1. The summed E-state index contributed by atoms with van der Waals surface area (Å²) in [4.78, 5) is 25.1. The Bertz CT molecular complexity index is 894. The summed E-state index contributed by atoms with van der Waals surface area (Å²) in [6.45, 7) is 3.68. The van der Waals surface area contributed by atoms with Crippen molar-refractivity contribution in [2.24, 2.45) is 11.0 Å². The monoisotopic (exact) mass is 413 g/mol. The van der Waals surface area contributed by atoms with Gasteiger partial charge in [-0.2, -0.15) is 5.10 Å². The van der Waals surface area contributed by atoms with Gasteiger partial charge >= 0.3 is 0 Å². The minimum atomic E-state index is -0.755. The average molecular weight is 413 g/mol. The highest BCUT2D eigenvalue weighted by molar-refractivity contribution is 5.97. The van der Waals surface area contributed by atoms with Crippen molar-refractivity contribution in [3.63, 3.8) is 0 Å². The molecule has 0 aliphatic rings. The van der Waals surface area contributed by atoms with E-state index in [0.29, 0.717) is 28.4 Å². The van der Waals surface area contributed by atoms with Crippen LogP contribution in [0.1, 0.15) is 29.8 Å². The number of hydrazone groups is 1. The lowest BCUT2D eigenvalue weighted by Crippen LogP contribution is -2.48. The first kappa shape index (κ1) is 22.7. The van der Waals surface area contributed by atoms with E-state index < -0.39 is 11.9 Å². The molecule has 0 aliphatic carbocycles. The average Bonchev–Trinajstić information content (AvgIpc) is 2.77. The van der Waals surface area contributed by atoms with Crippen LogP contribution >= 0.6 is 0 Å². The zero-order valence-corrected chi connectivity index (χ0v) is 17.8. The molecule has 1 atom stereocenters. The molecule has 8 nitrogen and oxygen atoms in total. The lowest BCUT2D eigenvalue weighted by Gasteiger charge is -2.20. The van der Waals surface area contributed by atoms with Crippen LogP contribution < -0.4 is 25.0 Å². The van der Waals surface area contributed by atoms with Crippen LogP contribution in [0.15, 0.2) is 47.6 Å². The molecule has 0 heterocycles. The molecule has 0 saturated heterocycles. The first-order chi connectivity index (χ1) is 14.4. The minimum Gasteiger partial charge on any atom is -0.497 e. The highest BCUT2D eigenvalue weighted by atomic mass is 16.5. The smallest absolute Gasteiger partial charge is 0.262 e. The summed E-state index contributed by atoms with van der Waals surface area (Å²) in [5.74, 6) is 0.934. The molecule has 8 heteroatoms. The van der Waals surface area contributed by atoms with Gasteiger partial charge in [-0.05, 0) is 42.3 Å². The second-order valence-electron chi connectivity index (χ2n) is 6.77. The molecular weight excluding hydrogens is 386 g/mol. The Kier molecular flexibility index (Phi) is 8.22. The van der Waals surface area contributed by atoms with E-state index in [1.54, 1.807) is 56.7 Å². The summed E-state index contributed by atoms with van der Waals surface area (Å²) < 4.78 is 15.5. The molecule has 2 N–H and O–H groups in total. The van der Waals surface area contributed by atoms with E-state index in [1.807, 2.05) is 13.8 Å². The van der Waals surface area contributed by atoms with Crippen molar-refractivity contribution in [3.05, 3.63) is 53.6 Å². The van der Waals surface area contributed by atoms with Gasteiger partial charge in [-0.15, -0.1) is 0 Å². The summed E-state index contributed by atoms with van der Waals surface area (Å²) in [5, 5.41) is 6.75. The van der Waals surface area contributed by atoms with Crippen LogP contribution in [-0.4, -0.2) is 45.4 Å². The molecule has 2 aromatic carbocycles.